The van der Waals surface area contributed by atoms with Crippen LogP contribution in [0.5, 0.6) is 0 Å². The highest BCUT2D eigenvalue weighted by Crippen LogP contribution is 2.41. The molecule has 0 N–H and O–H groups in total. The van der Waals surface area contributed by atoms with Crippen LogP contribution in [0.25, 0.3) is 0 Å². The number of piperidine rings is 1. The Bertz CT molecular complexity index is 931. The monoisotopic (exact) mass is 414 g/mol. The second-order valence-electron chi connectivity index (χ2n) is 8.53. The predicted molar refractivity (Wildman–Crippen MR) is 112 cm³/mol. The van der Waals surface area contributed by atoms with Crippen LogP contribution in [-0.4, -0.2) is 57.6 Å². The average molecular weight is 415 g/mol. The summed E-state index contributed by atoms with van der Waals surface area (Å²) in [5.74, 6) is -0.131. The summed E-state index contributed by atoms with van der Waals surface area (Å²) < 4.78 is 1.29. The van der Waals surface area contributed by atoms with Crippen LogP contribution in [0.3, 0.4) is 0 Å². The maximum Gasteiger partial charge on any atom is 0.344 e. The minimum Gasteiger partial charge on any atom is -0.323 e. The third kappa shape index (κ3) is 4.23. The molecular weight excluding hydrogens is 388 g/mol. The Hall–Kier alpha value is -2.18. The molecule has 3 heterocycles. The quantitative estimate of drug-likeness (QED) is 0.712. The number of nitrogens with zero attached hydrogens (tertiary/aromatic N) is 4. The van der Waals surface area contributed by atoms with Crippen molar-refractivity contribution in [3.05, 3.63) is 52.3 Å². The zero-order valence-corrected chi connectivity index (χ0v) is 17.8. The summed E-state index contributed by atoms with van der Waals surface area (Å²) in [6, 6.07) is 7.72. The molecule has 2 fully saturated rings. The standard InChI is InChI=1S/C22H27ClN4O2/c1-16-3-4-18(19(23)13-16)14-25-10-6-22(15-25)7-11-26(12-8-22)21(29)27-9-5-20(24-27)17(2)28/h3-5,9,13H,6-8,10-12,14-15H2,1-2H3. The van der Waals surface area contributed by atoms with Crippen molar-refractivity contribution in [2.75, 3.05) is 26.2 Å². The van der Waals surface area contributed by atoms with E-state index < -0.39 is 0 Å². The number of ketones is 1. The summed E-state index contributed by atoms with van der Waals surface area (Å²) in [7, 11) is 0. The maximum absolute atomic E-state index is 12.7. The van der Waals surface area contributed by atoms with Crippen LogP contribution in [0.1, 0.15) is 47.8 Å². The Labute approximate surface area is 176 Å². The summed E-state index contributed by atoms with van der Waals surface area (Å²) in [6.45, 7) is 7.97. The molecular formula is C22H27ClN4O2. The molecule has 1 aromatic carbocycles. The predicted octanol–water partition coefficient (Wildman–Crippen LogP) is 4.00. The van der Waals surface area contributed by atoms with Gasteiger partial charge in [-0.25, -0.2) is 4.79 Å². The summed E-state index contributed by atoms with van der Waals surface area (Å²) in [5, 5.41) is 4.95. The van der Waals surface area contributed by atoms with Crippen LogP contribution in [0.2, 0.25) is 5.02 Å². The average Bonchev–Trinajstić information content (AvgIpc) is 3.32. The third-order valence-corrected chi connectivity index (χ3v) is 6.71. The zero-order valence-electron chi connectivity index (χ0n) is 17.0. The number of hydrogen-bond donors (Lipinski definition) is 0. The van der Waals surface area contributed by atoms with Crippen molar-refractivity contribution in [3.63, 3.8) is 0 Å². The first kappa shape index (κ1) is 20.1. The molecule has 2 aliphatic rings. The first-order valence-electron chi connectivity index (χ1n) is 10.2. The lowest BCUT2D eigenvalue weighted by molar-refractivity contribution is 0.101. The van der Waals surface area contributed by atoms with Gasteiger partial charge in [-0.2, -0.15) is 9.78 Å². The van der Waals surface area contributed by atoms with E-state index >= 15 is 0 Å². The van der Waals surface area contributed by atoms with Crippen molar-refractivity contribution in [1.82, 2.24) is 19.6 Å². The van der Waals surface area contributed by atoms with Crippen molar-refractivity contribution in [1.29, 1.82) is 0 Å². The molecule has 4 rings (SSSR count). The lowest BCUT2D eigenvalue weighted by atomic mass is 9.78. The molecule has 0 saturated carbocycles. The fourth-order valence-electron chi connectivity index (χ4n) is 4.53. The van der Waals surface area contributed by atoms with E-state index in [4.69, 9.17) is 11.6 Å². The molecule has 0 unspecified atom stereocenters. The smallest absolute Gasteiger partial charge is 0.323 e. The first-order valence-corrected chi connectivity index (χ1v) is 10.6. The SMILES string of the molecule is CC(=O)c1ccn(C(=O)N2CCC3(CCN(Cc4ccc(C)cc4Cl)C3)CC2)n1. The van der Waals surface area contributed by atoms with Crippen molar-refractivity contribution in [2.45, 2.75) is 39.7 Å². The molecule has 7 heteroatoms. The van der Waals surface area contributed by atoms with Crippen LogP contribution >= 0.6 is 11.6 Å². The van der Waals surface area contributed by atoms with Gasteiger partial charge in [0.15, 0.2) is 5.78 Å². The number of aromatic nitrogens is 2. The maximum atomic E-state index is 12.7. The molecule has 1 amide bonds. The van der Waals surface area contributed by atoms with Gasteiger partial charge in [-0.15, -0.1) is 0 Å². The molecule has 2 aliphatic heterocycles. The van der Waals surface area contributed by atoms with E-state index in [2.05, 4.69) is 29.1 Å². The minimum atomic E-state index is -0.145. The van der Waals surface area contributed by atoms with Crippen LogP contribution in [-0.2, 0) is 6.54 Å². The first-order chi connectivity index (χ1) is 13.8. The van der Waals surface area contributed by atoms with E-state index in [0.29, 0.717) is 5.69 Å². The molecule has 0 atom stereocenters. The Morgan fingerprint density at radius 3 is 2.52 bits per heavy atom. The van der Waals surface area contributed by atoms with E-state index in [1.165, 1.54) is 22.7 Å². The van der Waals surface area contributed by atoms with Crippen LogP contribution in [0.4, 0.5) is 4.79 Å². The Balaban J connectivity index is 1.34. The van der Waals surface area contributed by atoms with Crippen molar-refractivity contribution < 1.29 is 9.59 Å². The normalized spacial score (nSPS) is 19.1. The molecule has 0 bridgehead atoms. The van der Waals surface area contributed by atoms with Gasteiger partial charge in [0.25, 0.3) is 0 Å². The number of carbonyl (C=O) groups is 2. The summed E-state index contributed by atoms with van der Waals surface area (Å²) in [4.78, 5) is 28.4. The lowest BCUT2D eigenvalue weighted by Crippen LogP contribution is -2.45. The number of amides is 1. The molecule has 0 aliphatic carbocycles. The summed E-state index contributed by atoms with van der Waals surface area (Å²) in [5.41, 5.74) is 2.97. The van der Waals surface area contributed by atoms with Gasteiger partial charge in [0.2, 0.25) is 0 Å². The lowest BCUT2D eigenvalue weighted by Gasteiger charge is -2.39. The molecule has 1 spiro atoms. The highest BCUT2D eigenvalue weighted by molar-refractivity contribution is 6.31. The number of benzene rings is 1. The number of carbonyl (C=O) groups excluding carboxylic acids is 2. The van der Waals surface area contributed by atoms with Crippen molar-refractivity contribution in [3.8, 4) is 0 Å². The van der Waals surface area contributed by atoms with Gasteiger partial charge >= 0.3 is 6.03 Å². The van der Waals surface area contributed by atoms with Gasteiger partial charge in [-0.3, -0.25) is 9.69 Å². The van der Waals surface area contributed by atoms with E-state index in [0.717, 1.165) is 57.0 Å². The highest BCUT2D eigenvalue weighted by atomic mass is 35.5. The topological polar surface area (TPSA) is 58.4 Å². The number of halogens is 1. The van der Waals surface area contributed by atoms with E-state index in [-0.39, 0.29) is 17.2 Å². The Morgan fingerprint density at radius 2 is 1.86 bits per heavy atom. The molecule has 2 aromatic rings. The van der Waals surface area contributed by atoms with Gasteiger partial charge in [0.1, 0.15) is 5.69 Å². The van der Waals surface area contributed by atoms with Crippen molar-refractivity contribution >= 4 is 23.4 Å². The van der Waals surface area contributed by atoms with E-state index in [9.17, 15) is 9.59 Å². The highest BCUT2D eigenvalue weighted by Gasteiger charge is 2.41. The number of likely N-dealkylation sites (tertiary alicyclic amines) is 2. The number of aryl methyl sites for hydroxylation is 1. The molecule has 0 radical (unpaired) electrons. The summed E-state index contributed by atoms with van der Waals surface area (Å²) in [6.07, 6.45) is 4.73. The number of rotatable bonds is 3. The largest absolute Gasteiger partial charge is 0.344 e. The van der Waals surface area contributed by atoms with Gasteiger partial charge in [-0.05, 0) is 61.4 Å². The van der Waals surface area contributed by atoms with Gasteiger partial charge in [0.05, 0.1) is 0 Å². The van der Waals surface area contributed by atoms with E-state index in [1.807, 2.05) is 11.0 Å². The van der Waals surface area contributed by atoms with E-state index in [1.54, 1.807) is 12.3 Å². The fraction of sp³-hybridized carbons (Fsp3) is 0.500. The molecule has 154 valence electrons. The Kier molecular flexibility index (Phi) is 5.49. The Morgan fingerprint density at radius 1 is 1.14 bits per heavy atom. The number of Topliss-reactive ketones (excluding diaryl/α,β-unsaturated/α-hetero) is 1. The van der Waals surface area contributed by atoms with Crippen LogP contribution in [0, 0.1) is 12.3 Å². The zero-order chi connectivity index (χ0) is 20.6. The molecule has 29 heavy (non-hydrogen) atoms. The van der Waals surface area contributed by atoms with Gasteiger partial charge in [-0.1, -0.05) is 23.7 Å². The van der Waals surface area contributed by atoms with Gasteiger partial charge < -0.3 is 4.90 Å². The molecule has 6 nitrogen and oxygen atoms in total. The number of hydrogen-bond acceptors (Lipinski definition) is 4. The molecule has 2 saturated heterocycles. The second-order valence-corrected chi connectivity index (χ2v) is 8.93. The third-order valence-electron chi connectivity index (χ3n) is 6.36. The summed E-state index contributed by atoms with van der Waals surface area (Å²) >= 11 is 6.42. The second kappa shape index (κ2) is 7.92. The minimum absolute atomic E-state index is 0.131. The van der Waals surface area contributed by atoms with Gasteiger partial charge in [0, 0.05) is 44.3 Å². The fourth-order valence-corrected chi connectivity index (χ4v) is 4.82. The van der Waals surface area contributed by atoms with Crippen LogP contribution in [0.15, 0.2) is 30.5 Å². The van der Waals surface area contributed by atoms with Crippen molar-refractivity contribution in [2.24, 2.45) is 5.41 Å². The van der Waals surface area contributed by atoms with Crippen LogP contribution < -0.4 is 0 Å². The molecule has 1 aromatic heterocycles.